The van der Waals surface area contributed by atoms with Crippen LogP contribution >= 0.6 is 0 Å². The number of benzene rings is 1. The Hall–Kier alpha value is -2.69. The molecule has 1 aromatic rings. The van der Waals surface area contributed by atoms with E-state index >= 15 is 0 Å². The van der Waals surface area contributed by atoms with Crippen molar-refractivity contribution in [1.29, 1.82) is 0 Å². The fourth-order valence-electron chi connectivity index (χ4n) is 5.90. The minimum absolute atomic E-state index is 0.0669. The van der Waals surface area contributed by atoms with Gasteiger partial charge in [-0.15, -0.1) is 0 Å². The van der Waals surface area contributed by atoms with Crippen LogP contribution in [0, 0.1) is 17.8 Å². The smallest absolute Gasteiger partial charge is 0.309 e. The number of allylic oxidation sites excluding steroid dienone is 4. The van der Waals surface area contributed by atoms with Crippen LogP contribution in [-0.2, 0) is 19.1 Å². The van der Waals surface area contributed by atoms with Crippen molar-refractivity contribution >= 4 is 17.7 Å². The normalized spacial score (nSPS) is 24.2. The molecule has 1 aliphatic heterocycles. The molecule has 0 N–H and O–H groups in total. The quantitative estimate of drug-likeness (QED) is 0.474. The van der Waals surface area contributed by atoms with E-state index in [4.69, 9.17) is 4.74 Å². The minimum atomic E-state index is -0.529. The highest BCUT2D eigenvalue weighted by atomic mass is 16.6. The molecule has 1 aromatic carbocycles. The number of carbonyl (C=O) groups excluding carboxylic acids is 3. The van der Waals surface area contributed by atoms with Gasteiger partial charge in [-0.05, 0) is 81.9 Å². The first-order valence-electron chi connectivity index (χ1n) is 13.6. The first-order valence-corrected chi connectivity index (χ1v) is 13.6. The lowest BCUT2D eigenvalue weighted by Gasteiger charge is -2.39. The summed E-state index contributed by atoms with van der Waals surface area (Å²) in [5, 5.41) is 0. The Kier molecular flexibility index (Phi) is 7.87. The molecule has 1 saturated heterocycles. The molecule has 0 saturated carbocycles. The molecule has 1 amide bonds. The molecule has 5 heteroatoms. The molecule has 4 rings (SSSR count). The molecule has 0 radical (unpaired) electrons. The van der Waals surface area contributed by atoms with Crippen LogP contribution in [0.3, 0.4) is 0 Å². The van der Waals surface area contributed by atoms with Gasteiger partial charge in [0.25, 0.3) is 0 Å². The molecule has 5 nitrogen and oxygen atoms in total. The number of hydrogen-bond acceptors (Lipinski definition) is 4. The maximum atomic E-state index is 14.1. The summed E-state index contributed by atoms with van der Waals surface area (Å²) in [4.78, 5) is 42.9. The van der Waals surface area contributed by atoms with Gasteiger partial charge in [0, 0.05) is 13.1 Å². The molecule has 3 unspecified atom stereocenters. The standard InChI is InChI=1S/C31H41NO4/c1-6-21-18-24-19-23(30(35)36-31(3,4)5)12-13-25(24)28(33)26(21)27(22-10-8-7-9-11-22)29(34)32-16-14-20(2)15-17-32/h7-11,18,20,23,26-27H,6,12-17,19H2,1-5H3. The van der Waals surface area contributed by atoms with Crippen molar-refractivity contribution < 1.29 is 19.1 Å². The van der Waals surface area contributed by atoms with Crippen LogP contribution in [-0.4, -0.2) is 41.3 Å². The summed E-state index contributed by atoms with van der Waals surface area (Å²) in [7, 11) is 0. The zero-order chi connectivity index (χ0) is 26.0. The summed E-state index contributed by atoms with van der Waals surface area (Å²) >= 11 is 0. The highest BCUT2D eigenvalue weighted by Gasteiger charge is 2.44. The van der Waals surface area contributed by atoms with E-state index in [-0.39, 0.29) is 23.6 Å². The number of nitrogens with zero attached hydrogens (tertiary/aromatic N) is 1. The maximum absolute atomic E-state index is 14.1. The summed E-state index contributed by atoms with van der Waals surface area (Å²) in [6.45, 7) is 11.4. The third-order valence-corrected chi connectivity index (χ3v) is 7.94. The molecule has 2 aliphatic carbocycles. The predicted octanol–water partition coefficient (Wildman–Crippen LogP) is 6.00. The average molecular weight is 492 g/mol. The number of likely N-dealkylation sites (tertiary alicyclic amines) is 1. The van der Waals surface area contributed by atoms with E-state index in [0.717, 1.165) is 48.2 Å². The maximum Gasteiger partial charge on any atom is 0.309 e. The zero-order valence-electron chi connectivity index (χ0n) is 22.5. The second kappa shape index (κ2) is 10.7. The van der Waals surface area contributed by atoms with Crippen molar-refractivity contribution in [3.63, 3.8) is 0 Å². The summed E-state index contributed by atoms with van der Waals surface area (Å²) < 4.78 is 5.64. The van der Waals surface area contributed by atoms with Crippen molar-refractivity contribution in [3.05, 3.63) is 58.7 Å². The molecular formula is C31H41NO4. The number of amides is 1. The van der Waals surface area contributed by atoms with Gasteiger partial charge in [0.15, 0.2) is 5.78 Å². The largest absolute Gasteiger partial charge is 0.460 e. The second-order valence-corrected chi connectivity index (χ2v) is 11.8. The van der Waals surface area contributed by atoms with Crippen LogP contribution in [0.4, 0.5) is 0 Å². The highest BCUT2D eigenvalue weighted by Crippen LogP contribution is 2.44. The van der Waals surface area contributed by atoms with Gasteiger partial charge in [0.1, 0.15) is 5.60 Å². The van der Waals surface area contributed by atoms with Crippen LogP contribution < -0.4 is 0 Å². The third-order valence-electron chi connectivity index (χ3n) is 7.94. The van der Waals surface area contributed by atoms with Gasteiger partial charge < -0.3 is 9.64 Å². The number of hydrogen-bond donors (Lipinski definition) is 0. The lowest BCUT2D eigenvalue weighted by Crippen LogP contribution is -2.45. The Morgan fingerprint density at radius 2 is 1.75 bits per heavy atom. The highest BCUT2D eigenvalue weighted by molar-refractivity contribution is 6.05. The molecule has 3 aliphatic rings. The van der Waals surface area contributed by atoms with E-state index in [2.05, 4.69) is 19.9 Å². The Labute approximate surface area is 216 Å². The van der Waals surface area contributed by atoms with Gasteiger partial charge in [-0.3, -0.25) is 14.4 Å². The van der Waals surface area contributed by atoms with Gasteiger partial charge in [0.2, 0.25) is 5.91 Å². The average Bonchev–Trinajstić information content (AvgIpc) is 2.85. The monoisotopic (exact) mass is 491 g/mol. The van der Waals surface area contributed by atoms with E-state index in [1.807, 2.05) is 56.0 Å². The molecule has 1 fully saturated rings. The summed E-state index contributed by atoms with van der Waals surface area (Å²) in [5.41, 5.74) is 3.14. The third kappa shape index (κ3) is 5.66. The van der Waals surface area contributed by atoms with Crippen LogP contribution in [0.2, 0.25) is 0 Å². The molecule has 3 atom stereocenters. The minimum Gasteiger partial charge on any atom is -0.460 e. The fourth-order valence-corrected chi connectivity index (χ4v) is 5.90. The molecule has 1 heterocycles. The Morgan fingerprint density at radius 1 is 1.08 bits per heavy atom. The van der Waals surface area contributed by atoms with Crippen molar-refractivity contribution in [2.45, 2.75) is 84.7 Å². The van der Waals surface area contributed by atoms with E-state index in [1.54, 1.807) is 0 Å². The Bertz CT molecular complexity index is 1050. The van der Waals surface area contributed by atoms with Gasteiger partial charge in [-0.1, -0.05) is 55.8 Å². The first kappa shape index (κ1) is 26.4. The SMILES string of the molecule is CCC1=CC2=C(CCC(C(=O)OC(C)(C)C)C2)C(=O)C1C(C(=O)N1CCC(C)CC1)c1ccccc1. The molecule has 0 bridgehead atoms. The van der Waals surface area contributed by atoms with Crippen LogP contribution in [0.15, 0.2) is 53.1 Å². The van der Waals surface area contributed by atoms with Crippen molar-refractivity contribution in [1.82, 2.24) is 4.90 Å². The zero-order valence-corrected chi connectivity index (χ0v) is 22.5. The number of carbonyl (C=O) groups is 3. The van der Waals surface area contributed by atoms with Gasteiger partial charge >= 0.3 is 5.97 Å². The summed E-state index contributed by atoms with van der Waals surface area (Å²) in [6, 6.07) is 9.82. The molecule has 36 heavy (non-hydrogen) atoms. The summed E-state index contributed by atoms with van der Waals surface area (Å²) in [5.74, 6) is -0.663. The van der Waals surface area contributed by atoms with E-state index in [9.17, 15) is 14.4 Å². The Balaban J connectivity index is 1.65. The van der Waals surface area contributed by atoms with Crippen LogP contribution in [0.25, 0.3) is 0 Å². The molecule has 194 valence electrons. The number of ketones is 1. The number of piperidine rings is 1. The topological polar surface area (TPSA) is 63.7 Å². The molecular weight excluding hydrogens is 450 g/mol. The first-order chi connectivity index (χ1) is 17.1. The van der Waals surface area contributed by atoms with E-state index < -0.39 is 17.4 Å². The van der Waals surface area contributed by atoms with Crippen molar-refractivity contribution in [2.24, 2.45) is 17.8 Å². The number of ether oxygens (including phenoxy) is 1. The van der Waals surface area contributed by atoms with Crippen LogP contribution in [0.5, 0.6) is 0 Å². The summed E-state index contributed by atoms with van der Waals surface area (Å²) in [6.07, 6.45) is 6.51. The molecule has 0 spiro atoms. The van der Waals surface area contributed by atoms with Crippen molar-refractivity contribution in [3.8, 4) is 0 Å². The van der Waals surface area contributed by atoms with E-state index in [0.29, 0.717) is 31.6 Å². The predicted molar refractivity (Wildman–Crippen MR) is 141 cm³/mol. The number of Topliss-reactive ketones (excluding diaryl/α,β-unsaturated/α-hetero) is 1. The van der Waals surface area contributed by atoms with Gasteiger partial charge in [-0.25, -0.2) is 0 Å². The van der Waals surface area contributed by atoms with Crippen molar-refractivity contribution in [2.75, 3.05) is 13.1 Å². The lowest BCUT2D eigenvalue weighted by molar-refractivity contribution is -0.160. The molecule has 0 aromatic heterocycles. The number of rotatable bonds is 5. The fraction of sp³-hybridized carbons (Fsp3) is 0.581. The Morgan fingerprint density at radius 3 is 2.36 bits per heavy atom. The number of esters is 1. The lowest BCUT2D eigenvalue weighted by atomic mass is 9.68. The van der Waals surface area contributed by atoms with E-state index in [1.165, 1.54) is 0 Å². The van der Waals surface area contributed by atoms with Crippen LogP contribution in [0.1, 0.15) is 84.6 Å². The van der Waals surface area contributed by atoms with Gasteiger partial charge in [-0.2, -0.15) is 0 Å². The van der Waals surface area contributed by atoms with Gasteiger partial charge in [0.05, 0.1) is 17.8 Å². The second-order valence-electron chi connectivity index (χ2n) is 11.8.